The molecule has 0 radical (unpaired) electrons. The van der Waals surface area contributed by atoms with Crippen molar-refractivity contribution >= 4 is 23.3 Å². The van der Waals surface area contributed by atoms with Crippen molar-refractivity contribution in [2.45, 2.75) is 13.3 Å². The van der Waals surface area contributed by atoms with E-state index in [1.54, 1.807) is 43.3 Å². The Balaban J connectivity index is 2.00. The number of pyridine rings is 1. The minimum Gasteiger partial charge on any atom is -0.325 e. The number of hydrogen-bond donors (Lipinski definition) is 2. The fourth-order valence-corrected chi connectivity index (χ4v) is 1.57. The van der Waals surface area contributed by atoms with Crippen molar-refractivity contribution in [1.82, 2.24) is 4.98 Å². The zero-order valence-corrected chi connectivity index (χ0v) is 11.1. The Morgan fingerprint density at radius 1 is 1.05 bits per heavy atom. The van der Waals surface area contributed by atoms with E-state index < -0.39 is 0 Å². The zero-order chi connectivity index (χ0) is 14.4. The molecule has 0 aliphatic carbocycles. The molecule has 0 spiro atoms. The number of nitrogens with zero attached hydrogens (tertiary/aromatic N) is 1. The van der Waals surface area contributed by atoms with Gasteiger partial charge in [0.1, 0.15) is 5.82 Å². The van der Waals surface area contributed by atoms with Crippen molar-refractivity contribution in [3.8, 4) is 0 Å². The molecule has 0 saturated carbocycles. The van der Waals surface area contributed by atoms with Gasteiger partial charge in [-0.05, 0) is 24.3 Å². The van der Waals surface area contributed by atoms with E-state index in [9.17, 15) is 9.59 Å². The molecule has 0 atom stereocenters. The first-order valence-electron chi connectivity index (χ1n) is 6.31. The number of aromatic nitrogens is 1. The maximum atomic E-state index is 11.9. The fraction of sp³-hybridized carbons (Fsp3) is 0.133. The van der Waals surface area contributed by atoms with Crippen LogP contribution in [-0.2, 0) is 4.79 Å². The summed E-state index contributed by atoms with van der Waals surface area (Å²) in [5.41, 5.74) is 1.17. The van der Waals surface area contributed by atoms with Gasteiger partial charge in [0.15, 0.2) is 0 Å². The highest BCUT2D eigenvalue weighted by molar-refractivity contribution is 6.03. The number of hydrogen-bond acceptors (Lipinski definition) is 3. The summed E-state index contributed by atoms with van der Waals surface area (Å²) >= 11 is 0. The molecular formula is C15H15N3O2. The molecule has 2 rings (SSSR count). The molecule has 1 heterocycles. The molecule has 1 aromatic carbocycles. The highest BCUT2D eigenvalue weighted by Gasteiger charge is 2.06. The van der Waals surface area contributed by atoms with Gasteiger partial charge in [0.25, 0.3) is 5.91 Å². The first-order valence-corrected chi connectivity index (χ1v) is 6.31. The van der Waals surface area contributed by atoms with E-state index in [1.807, 2.05) is 6.07 Å². The highest BCUT2D eigenvalue weighted by atomic mass is 16.2. The van der Waals surface area contributed by atoms with Gasteiger partial charge < -0.3 is 10.6 Å². The Morgan fingerprint density at radius 3 is 2.40 bits per heavy atom. The van der Waals surface area contributed by atoms with Crippen LogP contribution in [0, 0.1) is 0 Å². The van der Waals surface area contributed by atoms with E-state index in [1.165, 1.54) is 6.20 Å². The molecule has 2 amide bonds. The maximum Gasteiger partial charge on any atom is 0.256 e. The Hall–Kier alpha value is -2.69. The molecule has 0 fully saturated rings. The van der Waals surface area contributed by atoms with Crippen molar-refractivity contribution in [2.75, 3.05) is 10.6 Å². The largest absolute Gasteiger partial charge is 0.325 e. The quantitative estimate of drug-likeness (QED) is 0.896. The smallest absolute Gasteiger partial charge is 0.256 e. The Kier molecular flexibility index (Phi) is 4.44. The molecule has 1 aromatic heterocycles. The summed E-state index contributed by atoms with van der Waals surface area (Å²) in [5.74, 6) is 0.143. The van der Waals surface area contributed by atoms with E-state index >= 15 is 0 Å². The van der Waals surface area contributed by atoms with Crippen LogP contribution in [0.4, 0.5) is 11.5 Å². The number of carbonyl (C=O) groups excluding carboxylic acids is 2. The van der Waals surface area contributed by atoms with Crippen molar-refractivity contribution in [3.63, 3.8) is 0 Å². The lowest BCUT2D eigenvalue weighted by atomic mass is 10.2. The molecule has 0 aliphatic rings. The second kappa shape index (κ2) is 6.47. The lowest BCUT2D eigenvalue weighted by molar-refractivity contribution is -0.115. The Morgan fingerprint density at radius 2 is 1.80 bits per heavy atom. The fourth-order valence-electron chi connectivity index (χ4n) is 1.57. The second-order valence-corrected chi connectivity index (χ2v) is 4.15. The van der Waals surface area contributed by atoms with Crippen LogP contribution < -0.4 is 10.6 Å². The first kappa shape index (κ1) is 13.7. The summed E-state index contributed by atoms with van der Waals surface area (Å²) in [4.78, 5) is 27.2. The molecule has 102 valence electrons. The summed E-state index contributed by atoms with van der Waals surface area (Å²) in [5, 5.41) is 5.38. The van der Waals surface area contributed by atoms with Gasteiger partial charge in [0, 0.05) is 12.0 Å². The number of nitrogens with one attached hydrogen (secondary N) is 2. The predicted octanol–water partition coefficient (Wildman–Crippen LogP) is 2.68. The molecular weight excluding hydrogens is 254 g/mol. The standard InChI is InChI=1S/C15H15N3O2/c1-2-14(19)17-12-8-9-13(16-10-12)18-15(20)11-6-4-3-5-7-11/h3-10H,2H2,1H3,(H,17,19)(H,16,18,20). The second-order valence-electron chi connectivity index (χ2n) is 4.15. The highest BCUT2D eigenvalue weighted by Crippen LogP contribution is 2.11. The Labute approximate surface area is 117 Å². The van der Waals surface area contributed by atoms with Crippen LogP contribution >= 0.6 is 0 Å². The number of anilines is 2. The lowest BCUT2D eigenvalue weighted by Crippen LogP contribution is -2.13. The molecule has 2 aromatic rings. The monoisotopic (exact) mass is 269 g/mol. The molecule has 0 aliphatic heterocycles. The molecule has 0 bridgehead atoms. The van der Waals surface area contributed by atoms with Crippen molar-refractivity contribution in [2.24, 2.45) is 0 Å². The van der Waals surface area contributed by atoms with Crippen LogP contribution in [0.25, 0.3) is 0 Å². The average molecular weight is 269 g/mol. The van der Waals surface area contributed by atoms with E-state index in [0.29, 0.717) is 23.5 Å². The van der Waals surface area contributed by atoms with Crippen LogP contribution in [0.1, 0.15) is 23.7 Å². The number of carbonyl (C=O) groups is 2. The number of amides is 2. The van der Waals surface area contributed by atoms with Crippen LogP contribution in [0.15, 0.2) is 48.7 Å². The van der Waals surface area contributed by atoms with E-state index in [0.717, 1.165) is 0 Å². The molecule has 0 unspecified atom stereocenters. The predicted molar refractivity (Wildman–Crippen MR) is 77.6 cm³/mol. The number of rotatable bonds is 4. The zero-order valence-electron chi connectivity index (χ0n) is 11.1. The van der Waals surface area contributed by atoms with Gasteiger partial charge in [-0.1, -0.05) is 25.1 Å². The van der Waals surface area contributed by atoms with E-state index in [-0.39, 0.29) is 11.8 Å². The SMILES string of the molecule is CCC(=O)Nc1ccc(NC(=O)c2ccccc2)nc1. The van der Waals surface area contributed by atoms with Crippen LogP contribution in [-0.4, -0.2) is 16.8 Å². The summed E-state index contributed by atoms with van der Waals surface area (Å²) < 4.78 is 0. The van der Waals surface area contributed by atoms with Crippen molar-refractivity contribution in [1.29, 1.82) is 0 Å². The van der Waals surface area contributed by atoms with Crippen LogP contribution in [0.2, 0.25) is 0 Å². The van der Waals surface area contributed by atoms with Gasteiger partial charge in [0.2, 0.25) is 5.91 Å². The maximum absolute atomic E-state index is 11.9. The summed E-state index contributed by atoms with van der Waals surface area (Å²) in [6.07, 6.45) is 1.92. The van der Waals surface area contributed by atoms with Gasteiger partial charge in [-0.3, -0.25) is 9.59 Å². The minimum atomic E-state index is -0.219. The molecule has 20 heavy (non-hydrogen) atoms. The van der Waals surface area contributed by atoms with Gasteiger partial charge >= 0.3 is 0 Å². The third-order valence-electron chi connectivity index (χ3n) is 2.65. The van der Waals surface area contributed by atoms with Crippen molar-refractivity contribution in [3.05, 3.63) is 54.2 Å². The normalized spacial score (nSPS) is 9.85. The molecule has 0 saturated heterocycles. The summed E-state index contributed by atoms with van der Waals surface area (Å²) in [6.45, 7) is 1.78. The van der Waals surface area contributed by atoms with E-state index in [2.05, 4.69) is 15.6 Å². The van der Waals surface area contributed by atoms with Crippen LogP contribution in [0.5, 0.6) is 0 Å². The summed E-state index contributed by atoms with van der Waals surface area (Å²) in [6, 6.07) is 12.2. The molecule has 2 N–H and O–H groups in total. The van der Waals surface area contributed by atoms with Gasteiger partial charge in [-0.2, -0.15) is 0 Å². The average Bonchev–Trinajstić information content (AvgIpc) is 2.50. The number of benzene rings is 1. The van der Waals surface area contributed by atoms with Crippen LogP contribution in [0.3, 0.4) is 0 Å². The van der Waals surface area contributed by atoms with Gasteiger partial charge in [0.05, 0.1) is 11.9 Å². The van der Waals surface area contributed by atoms with Gasteiger partial charge in [-0.15, -0.1) is 0 Å². The Bertz CT molecular complexity index is 594. The van der Waals surface area contributed by atoms with Gasteiger partial charge in [-0.25, -0.2) is 4.98 Å². The third kappa shape index (κ3) is 3.65. The summed E-state index contributed by atoms with van der Waals surface area (Å²) in [7, 11) is 0. The topological polar surface area (TPSA) is 71.1 Å². The minimum absolute atomic E-state index is 0.0760. The van der Waals surface area contributed by atoms with E-state index in [4.69, 9.17) is 0 Å². The molecule has 5 heteroatoms. The van der Waals surface area contributed by atoms with Crippen molar-refractivity contribution < 1.29 is 9.59 Å². The third-order valence-corrected chi connectivity index (χ3v) is 2.65. The lowest BCUT2D eigenvalue weighted by Gasteiger charge is -2.06. The molecule has 5 nitrogen and oxygen atoms in total. The first-order chi connectivity index (χ1) is 9.69.